The lowest BCUT2D eigenvalue weighted by Crippen LogP contribution is -2.33. The summed E-state index contributed by atoms with van der Waals surface area (Å²) in [6.07, 6.45) is -4.38. The normalized spacial score (nSPS) is 13.7. The Morgan fingerprint density at radius 1 is 1.39 bits per heavy atom. The van der Waals surface area contributed by atoms with Gasteiger partial charge in [-0.05, 0) is 30.2 Å². The fourth-order valence-electron chi connectivity index (χ4n) is 1.55. The van der Waals surface area contributed by atoms with Crippen molar-refractivity contribution in [2.24, 2.45) is 5.84 Å². The topological polar surface area (TPSA) is 47.3 Å². The van der Waals surface area contributed by atoms with Gasteiger partial charge in [0.1, 0.15) is 12.4 Å². The Hall–Kier alpha value is -1.18. The highest BCUT2D eigenvalue weighted by Crippen LogP contribution is 2.20. The van der Waals surface area contributed by atoms with E-state index in [-0.39, 0.29) is 6.61 Å². The molecule has 18 heavy (non-hydrogen) atoms. The van der Waals surface area contributed by atoms with Crippen LogP contribution in [0.5, 0.6) is 0 Å². The Morgan fingerprint density at radius 2 is 2.06 bits per heavy atom. The average Bonchev–Trinajstić information content (AvgIpc) is 2.24. The number of rotatable bonds is 5. The molecule has 3 N–H and O–H groups in total. The second-order valence-electron chi connectivity index (χ2n) is 3.85. The van der Waals surface area contributed by atoms with E-state index in [9.17, 15) is 17.6 Å². The third-order valence-corrected chi connectivity index (χ3v) is 2.36. The van der Waals surface area contributed by atoms with Crippen LogP contribution in [-0.4, -0.2) is 19.4 Å². The first-order valence-electron chi connectivity index (χ1n) is 5.20. The molecule has 0 aliphatic heterocycles. The van der Waals surface area contributed by atoms with Gasteiger partial charge in [-0.1, -0.05) is 6.07 Å². The van der Waals surface area contributed by atoms with Gasteiger partial charge in [0, 0.05) is 0 Å². The molecule has 0 aliphatic carbocycles. The zero-order chi connectivity index (χ0) is 13.8. The van der Waals surface area contributed by atoms with E-state index in [1.807, 2.05) is 0 Å². The average molecular weight is 266 g/mol. The van der Waals surface area contributed by atoms with Crippen molar-refractivity contribution < 1.29 is 22.3 Å². The first-order chi connectivity index (χ1) is 8.33. The summed E-state index contributed by atoms with van der Waals surface area (Å²) in [5.74, 6) is 4.84. The van der Waals surface area contributed by atoms with E-state index >= 15 is 0 Å². The molecular formula is C11H14F4N2O. The molecule has 0 fully saturated rings. The Kier molecular flexibility index (Phi) is 5.06. The lowest BCUT2D eigenvalue weighted by molar-refractivity contribution is -0.175. The van der Waals surface area contributed by atoms with E-state index in [1.165, 1.54) is 18.2 Å². The van der Waals surface area contributed by atoms with Crippen molar-refractivity contribution in [3.8, 4) is 0 Å². The molecule has 0 bridgehead atoms. The number of halogens is 4. The van der Waals surface area contributed by atoms with Crippen molar-refractivity contribution in [3.05, 3.63) is 35.1 Å². The lowest BCUT2D eigenvalue weighted by Gasteiger charge is -2.19. The molecule has 1 aromatic rings. The minimum Gasteiger partial charge on any atom is -0.370 e. The van der Waals surface area contributed by atoms with Crippen LogP contribution in [-0.2, 0) is 4.74 Å². The highest BCUT2D eigenvalue weighted by Gasteiger charge is 2.28. The number of hydrogen-bond donors (Lipinski definition) is 2. The predicted octanol–water partition coefficient (Wildman–Crippen LogP) is 2.22. The number of alkyl halides is 3. The van der Waals surface area contributed by atoms with Crippen LogP contribution in [0.25, 0.3) is 0 Å². The first kappa shape index (κ1) is 14.9. The van der Waals surface area contributed by atoms with Crippen molar-refractivity contribution in [2.45, 2.75) is 19.1 Å². The fourth-order valence-corrected chi connectivity index (χ4v) is 1.55. The summed E-state index contributed by atoms with van der Waals surface area (Å²) < 4.78 is 53.2. The minimum absolute atomic E-state index is 0.248. The molecule has 0 aromatic heterocycles. The van der Waals surface area contributed by atoms with E-state index in [1.54, 1.807) is 6.92 Å². The Morgan fingerprint density at radius 3 is 2.56 bits per heavy atom. The van der Waals surface area contributed by atoms with Gasteiger partial charge in [-0.25, -0.2) is 4.39 Å². The monoisotopic (exact) mass is 266 g/mol. The summed E-state index contributed by atoms with van der Waals surface area (Å²) in [7, 11) is 0. The highest BCUT2D eigenvalue weighted by atomic mass is 19.4. The summed E-state index contributed by atoms with van der Waals surface area (Å²) in [5.41, 5.74) is 3.54. The third-order valence-electron chi connectivity index (χ3n) is 2.36. The molecule has 1 atom stereocenters. The highest BCUT2D eigenvalue weighted by molar-refractivity contribution is 5.29. The molecule has 7 heteroatoms. The van der Waals surface area contributed by atoms with Crippen molar-refractivity contribution in [1.29, 1.82) is 0 Å². The van der Waals surface area contributed by atoms with Gasteiger partial charge < -0.3 is 4.74 Å². The molecular weight excluding hydrogens is 252 g/mol. The quantitative estimate of drug-likeness (QED) is 0.488. The summed E-state index contributed by atoms with van der Waals surface area (Å²) in [5, 5.41) is 0. The molecule has 1 aromatic carbocycles. The van der Waals surface area contributed by atoms with Gasteiger partial charge in [-0.3, -0.25) is 11.3 Å². The van der Waals surface area contributed by atoms with Crippen LogP contribution in [0.1, 0.15) is 17.2 Å². The van der Waals surface area contributed by atoms with Crippen LogP contribution < -0.4 is 11.3 Å². The van der Waals surface area contributed by atoms with Crippen molar-refractivity contribution in [3.63, 3.8) is 0 Å². The molecule has 0 aliphatic rings. The van der Waals surface area contributed by atoms with Crippen molar-refractivity contribution in [1.82, 2.24) is 5.43 Å². The number of benzene rings is 1. The molecule has 0 heterocycles. The summed E-state index contributed by atoms with van der Waals surface area (Å²) in [6, 6.07) is 3.35. The summed E-state index contributed by atoms with van der Waals surface area (Å²) in [4.78, 5) is 0. The Bertz CT molecular complexity index is 395. The number of nitrogens with two attached hydrogens (primary N) is 1. The standard InChI is InChI=1S/C11H14F4N2O/c1-7-4-8(12)2-3-9(7)10(17-16)5-18-6-11(13,14)15/h2-4,10,17H,5-6,16H2,1H3. The molecule has 0 spiro atoms. The third kappa shape index (κ3) is 4.59. The number of nitrogens with one attached hydrogen (secondary N) is 1. The molecule has 0 saturated carbocycles. The smallest absolute Gasteiger partial charge is 0.370 e. The molecule has 0 saturated heterocycles. The maximum absolute atomic E-state index is 12.9. The molecule has 0 amide bonds. The zero-order valence-corrected chi connectivity index (χ0v) is 9.72. The van der Waals surface area contributed by atoms with Crippen LogP contribution in [0.2, 0.25) is 0 Å². The van der Waals surface area contributed by atoms with E-state index in [0.717, 1.165) is 0 Å². The van der Waals surface area contributed by atoms with Crippen molar-refractivity contribution in [2.75, 3.05) is 13.2 Å². The second-order valence-corrected chi connectivity index (χ2v) is 3.85. The zero-order valence-electron chi connectivity index (χ0n) is 9.72. The molecule has 1 unspecified atom stereocenters. The van der Waals surface area contributed by atoms with E-state index in [4.69, 9.17) is 5.84 Å². The number of aryl methyl sites for hydroxylation is 1. The lowest BCUT2D eigenvalue weighted by atomic mass is 10.0. The largest absolute Gasteiger partial charge is 0.411 e. The van der Waals surface area contributed by atoms with Gasteiger partial charge in [-0.2, -0.15) is 13.2 Å². The first-order valence-corrected chi connectivity index (χ1v) is 5.20. The Labute approximate surface area is 102 Å². The van der Waals surface area contributed by atoms with Gasteiger partial charge in [0.15, 0.2) is 0 Å². The van der Waals surface area contributed by atoms with Crippen LogP contribution in [0.15, 0.2) is 18.2 Å². The van der Waals surface area contributed by atoms with Crippen LogP contribution in [0.3, 0.4) is 0 Å². The maximum atomic E-state index is 12.9. The summed E-state index contributed by atoms with van der Waals surface area (Å²) in [6.45, 7) is 0.0560. The van der Waals surface area contributed by atoms with E-state index in [2.05, 4.69) is 10.2 Å². The molecule has 102 valence electrons. The van der Waals surface area contributed by atoms with Crippen LogP contribution in [0, 0.1) is 12.7 Å². The van der Waals surface area contributed by atoms with Crippen LogP contribution in [0.4, 0.5) is 17.6 Å². The predicted molar refractivity (Wildman–Crippen MR) is 58.1 cm³/mol. The van der Waals surface area contributed by atoms with Gasteiger partial charge >= 0.3 is 6.18 Å². The fraction of sp³-hybridized carbons (Fsp3) is 0.455. The second kappa shape index (κ2) is 6.12. The summed E-state index contributed by atoms with van der Waals surface area (Å²) >= 11 is 0. The van der Waals surface area contributed by atoms with E-state index in [0.29, 0.717) is 11.1 Å². The van der Waals surface area contributed by atoms with Crippen LogP contribution >= 0.6 is 0 Å². The van der Waals surface area contributed by atoms with E-state index < -0.39 is 24.6 Å². The Balaban J connectivity index is 2.66. The number of ether oxygens (including phenoxy) is 1. The van der Waals surface area contributed by atoms with Gasteiger partial charge in [0.05, 0.1) is 12.6 Å². The van der Waals surface area contributed by atoms with Crippen molar-refractivity contribution >= 4 is 0 Å². The minimum atomic E-state index is -4.38. The van der Waals surface area contributed by atoms with Gasteiger partial charge in [0.25, 0.3) is 0 Å². The van der Waals surface area contributed by atoms with Gasteiger partial charge in [-0.15, -0.1) is 0 Å². The number of hydrazine groups is 1. The van der Waals surface area contributed by atoms with Gasteiger partial charge in [0.2, 0.25) is 0 Å². The molecule has 0 radical (unpaired) electrons. The molecule has 1 rings (SSSR count). The SMILES string of the molecule is Cc1cc(F)ccc1C(COCC(F)(F)F)NN. The number of hydrogen-bond acceptors (Lipinski definition) is 3. The molecule has 3 nitrogen and oxygen atoms in total. The maximum Gasteiger partial charge on any atom is 0.411 e.